The van der Waals surface area contributed by atoms with Crippen LogP contribution in [-0.4, -0.2) is 28.0 Å². The Morgan fingerprint density at radius 1 is 1.62 bits per heavy atom. The number of nitrogens with one attached hydrogen (secondary N) is 1. The van der Waals surface area contributed by atoms with E-state index in [4.69, 9.17) is 5.73 Å². The monoisotopic (exact) mass is 198 g/mol. The number of hydrogen-bond donors (Lipinski definition) is 2. The van der Waals surface area contributed by atoms with E-state index in [0.717, 1.165) is 12.4 Å². The molecule has 13 heavy (non-hydrogen) atoms. The average Bonchev–Trinajstić information content (AvgIpc) is 2.14. The molecule has 0 aliphatic heterocycles. The van der Waals surface area contributed by atoms with E-state index in [2.05, 4.69) is 28.5 Å². The van der Waals surface area contributed by atoms with Gasteiger partial charge < -0.3 is 11.1 Å². The van der Waals surface area contributed by atoms with Gasteiger partial charge in [0, 0.05) is 11.8 Å². The van der Waals surface area contributed by atoms with Crippen LogP contribution in [-0.2, 0) is 0 Å². The Balaban J connectivity index is 2.45. The Kier molecular flexibility index (Phi) is 3.82. The maximum atomic E-state index is 5.48. The third kappa shape index (κ3) is 3.50. The molecule has 1 heterocycles. The molecule has 0 fully saturated rings. The van der Waals surface area contributed by atoms with Crippen molar-refractivity contribution in [2.24, 2.45) is 0 Å². The molecule has 1 rings (SSSR count). The van der Waals surface area contributed by atoms with E-state index in [-0.39, 0.29) is 0 Å². The van der Waals surface area contributed by atoms with Crippen LogP contribution in [0.4, 0.5) is 11.6 Å². The number of rotatable bonds is 4. The van der Waals surface area contributed by atoms with E-state index in [9.17, 15) is 0 Å². The topological polar surface area (TPSA) is 63.8 Å². The molecule has 0 spiro atoms. The molecule has 1 aromatic rings. The van der Waals surface area contributed by atoms with E-state index in [0.29, 0.717) is 11.1 Å². The average molecular weight is 198 g/mol. The van der Waals surface area contributed by atoms with Crippen molar-refractivity contribution >= 4 is 23.4 Å². The van der Waals surface area contributed by atoms with Crippen molar-refractivity contribution < 1.29 is 0 Å². The number of nitrogens with two attached hydrogens (primary N) is 1. The zero-order valence-corrected chi connectivity index (χ0v) is 8.64. The van der Waals surface area contributed by atoms with Crippen molar-refractivity contribution in [2.75, 3.05) is 23.9 Å². The summed E-state index contributed by atoms with van der Waals surface area (Å²) in [4.78, 5) is 8.01. The molecular formula is C8H14N4S. The molecule has 0 radical (unpaired) electrons. The zero-order valence-electron chi connectivity index (χ0n) is 7.82. The second-order valence-corrected chi connectivity index (χ2v) is 4.03. The van der Waals surface area contributed by atoms with E-state index in [1.165, 1.54) is 6.20 Å². The van der Waals surface area contributed by atoms with E-state index in [1.807, 2.05) is 0 Å². The molecule has 0 aliphatic carbocycles. The summed E-state index contributed by atoms with van der Waals surface area (Å²) < 4.78 is 0. The SMILES string of the molecule is CSC(C)CNc1cncc(N)n1. The van der Waals surface area contributed by atoms with Gasteiger partial charge >= 0.3 is 0 Å². The van der Waals surface area contributed by atoms with Crippen LogP contribution < -0.4 is 11.1 Å². The third-order valence-corrected chi connectivity index (χ3v) is 2.60. The maximum absolute atomic E-state index is 5.48. The molecule has 3 N–H and O–H groups in total. The van der Waals surface area contributed by atoms with Gasteiger partial charge in [0.1, 0.15) is 11.6 Å². The van der Waals surface area contributed by atoms with Crippen LogP contribution >= 0.6 is 11.8 Å². The molecular weight excluding hydrogens is 184 g/mol. The molecule has 1 atom stereocenters. The number of thioether (sulfide) groups is 1. The highest BCUT2D eigenvalue weighted by molar-refractivity contribution is 7.99. The second kappa shape index (κ2) is 4.91. The Morgan fingerprint density at radius 2 is 2.38 bits per heavy atom. The van der Waals surface area contributed by atoms with Crippen molar-refractivity contribution in [1.29, 1.82) is 0 Å². The van der Waals surface area contributed by atoms with E-state index in [1.54, 1.807) is 18.0 Å². The van der Waals surface area contributed by atoms with Gasteiger partial charge in [-0.05, 0) is 6.26 Å². The molecule has 0 aromatic carbocycles. The summed E-state index contributed by atoms with van der Waals surface area (Å²) in [6.07, 6.45) is 5.28. The van der Waals surface area contributed by atoms with Gasteiger partial charge in [0.25, 0.3) is 0 Å². The fourth-order valence-electron chi connectivity index (χ4n) is 0.798. The molecule has 4 nitrogen and oxygen atoms in total. The minimum absolute atomic E-state index is 0.446. The van der Waals surface area contributed by atoms with Crippen molar-refractivity contribution in [3.63, 3.8) is 0 Å². The highest BCUT2D eigenvalue weighted by atomic mass is 32.2. The van der Waals surface area contributed by atoms with Crippen LogP contribution in [0.1, 0.15) is 6.92 Å². The first-order valence-electron chi connectivity index (χ1n) is 4.06. The van der Waals surface area contributed by atoms with E-state index < -0.39 is 0 Å². The Bertz CT molecular complexity index is 266. The molecule has 0 bridgehead atoms. The van der Waals surface area contributed by atoms with Crippen molar-refractivity contribution in [3.8, 4) is 0 Å². The fourth-order valence-corrected chi connectivity index (χ4v) is 1.05. The van der Waals surface area contributed by atoms with Crippen LogP contribution in [0.15, 0.2) is 12.4 Å². The first-order valence-corrected chi connectivity index (χ1v) is 5.35. The lowest BCUT2D eigenvalue weighted by atomic mass is 10.4. The van der Waals surface area contributed by atoms with Gasteiger partial charge in [-0.25, -0.2) is 4.98 Å². The summed E-state index contributed by atoms with van der Waals surface area (Å²) in [7, 11) is 0. The number of anilines is 2. The van der Waals surface area contributed by atoms with Crippen LogP contribution in [0.25, 0.3) is 0 Å². The third-order valence-electron chi connectivity index (χ3n) is 1.63. The lowest BCUT2D eigenvalue weighted by molar-refractivity contribution is 0.987. The predicted molar refractivity (Wildman–Crippen MR) is 57.9 cm³/mol. The molecule has 1 aromatic heterocycles. The summed E-state index contributed by atoms with van der Waals surface area (Å²) >= 11 is 1.81. The molecule has 0 saturated carbocycles. The van der Waals surface area contributed by atoms with Crippen LogP contribution in [0.2, 0.25) is 0 Å². The molecule has 0 aliphatic rings. The molecule has 0 amide bonds. The second-order valence-electron chi connectivity index (χ2n) is 2.76. The summed E-state index contributed by atoms with van der Waals surface area (Å²) in [5, 5.41) is 3.72. The zero-order chi connectivity index (χ0) is 9.68. The first kappa shape index (κ1) is 10.1. The van der Waals surface area contributed by atoms with Crippen molar-refractivity contribution in [2.45, 2.75) is 12.2 Å². The Morgan fingerprint density at radius 3 is 3.00 bits per heavy atom. The van der Waals surface area contributed by atoms with Gasteiger partial charge in [0.2, 0.25) is 0 Å². The molecule has 72 valence electrons. The van der Waals surface area contributed by atoms with E-state index >= 15 is 0 Å². The summed E-state index contributed by atoms with van der Waals surface area (Å²) in [6.45, 7) is 3.02. The fraction of sp³-hybridized carbons (Fsp3) is 0.500. The first-order chi connectivity index (χ1) is 6.22. The highest BCUT2D eigenvalue weighted by Gasteiger charge is 1.99. The summed E-state index contributed by atoms with van der Waals surface area (Å²) in [6, 6.07) is 0. The number of nitrogen functional groups attached to an aromatic ring is 1. The predicted octanol–water partition coefficient (Wildman–Crippen LogP) is 1.22. The maximum Gasteiger partial charge on any atom is 0.146 e. The largest absolute Gasteiger partial charge is 0.382 e. The van der Waals surface area contributed by atoms with Gasteiger partial charge in [0.15, 0.2) is 0 Å². The quantitative estimate of drug-likeness (QED) is 0.761. The molecule has 0 saturated heterocycles. The summed E-state index contributed by atoms with van der Waals surface area (Å²) in [5.74, 6) is 1.18. The minimum Gasteiger partial charge on any atom is -0.382 e. The van der Waals surface area contributed by atoms with Gasteiger partial charge in [-0.15, -0.1) is 0 Å². The lowest BCUT2D eigenvalue weighted by Gasteiger charge is -2.09. The lowest BCUT2D eigenvalue weighted by Crippen LogP contribution is -2.13. The smallest absolute Gasteiger partial charge is 0.146 e. The van der Waals surface area contributed by atoms with Crippen LogP contribution in [0.3, 0.4) is 0 Å². The summed E-state index contributed by atoms with van der Waals surface area (Å²) in [5.41, 5.74) is 5.48. The Hall–Kier alpha value is -0.970. The number of hydrogen-bond acceptors (Lipinski definition) is 5. The number of aromatic nitrogens is 2. The normalized spacial score (nSPS) is 12.5. The number of nitrogens with zero attached hydrogens (tertiary/aromatic N) is 2. The molecule has 5 heteroatoms. The highest BCUT2D eigenvalue weighted by Crippen LogP contribution is 2.07. The van der Waals surface area contributed by atoms with Gasteiger partial charge in [-0.2, -0.15) is 11.8 Å². The van der Waals surface area contributed by atoms with Crippen LogP contribution in [0.5, 0.6) is 0 Å². The van der Waals surface area contributed by atoms with Crippen molar-refractivity contribution in [3.05, 3.63) is 12.4 Å². The molecule has 1 unspecified atom stereocenters. The minimum atomic E-state index is 0.446. The standard InChI is InChI=1S/C8H14N4S/c1-6(13-2)3-11-8-5-10-4-7(9)12-8/h4-6H,3H2,1-2H3,(H3,9,11,12). The van der Waals surface area contributed by atoms with Crippen LogP contribution in [0, 0.1) is 0 Å². The van der Waals surface area contributed by atoms with Gasteiger partial charge in [-0.3, -0.25) is 4.98 Å². The van der Waals surface area contributed by atoms with Gasteiger partial charge in [0.05, 0.1) is 12.4 Å². The van der Waals surface area contributed by atoms with Gasteiger partial charge in [-0.1, -0.05) is 6.92 Å². The Labute approximate surface area is 82.3 Å². The van der Waals surface area contributed by atoms with Crippen molar-refractivity contribution in [1.82, 2.24) is 9.97 Å².